The van der Waals surface area contributed by atoms with Crippen molar-refractivity contribution in [2.45, 2.75) is 19.3 Å². The zero-order valence-corrected chi connectivity index (χ0v) is 11.6. The normalized spacial score (nSPS) is 10.3. The van der Waals surface area contributed by atoms with Crippen LogP contribution >= 0.6 is 34.8 Å². The van der Waals surface area contributed by atoms with E-state index < -0.39 is 0 Å². The minimum Gasteiger partial charge on any atom is -0.352 e. The fraction of sp³-hybridized carbons (Fsp3) is 0.417. The van der Waals surface area contributed by atoms with Gasteiger partial charge in [-0.05, 0) is 25.0 Å². The summed E-state index contributed by atoms with van der Waals surface area (Å²) in [5.41, 5.74) is 0.341. The Morgan fingerprint density at radius 2 is 1.76 bits per heavy atom. The van der Waals surface area contributed by atoms with Gasteiger partial charge in [0.25, 0.3) is 5.91 Å². The fourth-order valence-corrected chi connectivity index (χ4v) is 2.16. The molecule has 17 heavy (non-hydrogen) atoms. The van der Waals surface area contributed by atoms with Crippen LogP contribution in [-0.2, 0) is 0 Å². The SMILES string of the molecule is O=C(NCCCCCCl)c1c(Cl)cccc1Cl. The van der Waals surface area contributed by atoms with Crippen LogP contribution in [0.15, 0.2) is 18.2 Å². The van der Waals surface area contributed by atoms with Gasteiger partial charge < -0.3 is 5.32 Å². The van der Waals surface area contributed by atoms with Gasteiger partial charge in [-0.1, -0.05) is 35.7 Å². The molecule has 0 fully saturated rings. The molecule has 0 saturated heterocycles. The molecule has 0 aromatic heterocycles. The number of benzene rings is 1. The smallest absolute Gasteiger partial charge is 0.254 e. The van der Waals surface area contributed by atoms with Crippen LogP contribution in [0.5, 0.6) is 0 Å². The van der Waals surface area contributed by atoms with E-state index >= 15 is 0 Å². The number of halogens is 3. The number of unbranched alkanes of at least 4 members (excludes halogenated alkanes) is 2. The first-order valence-corrected chi connectivity index (χ1v) is 6.74. The molecule has 0 aliphatic carbocycles. The lowest BCUT2D eigenvalue weighted by Gasteiger charge is -2.07. The van der Waals surface area contributed by atoms with Crippen LogP contribution in [0, 0.1) is 0 Å². The molecule has 0 radical (unpaired) electrons. The number of rotatable bonds is 6. The molecule has 0 aliphatic rings. The van der Waals surface area contributed by atoms with Crippen LogP contribution in [0.4, 0.5) is 0 Å². The van der Waals surface area contributed by atoms with E-state index in [0.29, 0.717) is 28.0 Å². The van der Waals surface area contributed by atoms with Gasteiger partial charge in [0.2, 0.25) is 0 Å². The Bertz CT molecular complexity index is 362. The second-order valence-corrected chi connectivity index (χ2v) is 4.79. The van der Waals surface area contributed by atoms with Gasteiger partial charge in [-0.2, -0.15) is 0 Å². The highest BCUT2D eigenvalue weighted by atomic mass is 35.5. The summed E-state index contributed by atoms with van der Waals surface area (Å²) in [6, 6.07) is 5.01. The molecule has 0 heterocycles. The highest BCUT2D eigenvalue weighted by molar-refractivity contribution is 6.39. The lowest BCUT2D eigenvalue weighted by molar-refractivity contribution is 0.0953. The molecule has 1 N–H and O–H groups in total. The van der Waals surface area contributed by atoms with Gasteiger partial charge in [0.15, 0.2) is 0 Å². The first kappa shape index (κ1) is 14.6. The molecule has 5 heteroatoms. The minimum atomic E-state index is -0.230. The topological polar surface area (TPSA) is 29.1 Å². The third kappa shape index (κ3) is 4.74. The number of carbonyl (C=O) groups is 1. The van der Waals surface area contributed by atoms with Crippen LogP contribution in [0.2, 0.25) is 10.0 Å². The highest BCUT2D eigenvalue weighted by Gasteiger charge is 2.13. The average Bonchev–Trinajstić information content (AvgIpc) is 2.28. The third-order valence-electron chi connectivity index (χ3n) is 2.29. The molecular weight excluding hydrogens is 280 g/mol. The van der Waals surface area contributed by atoms with Crippen molar-refractivity contribution in [2.75, 3.05) is 12.4 Å². The van der Waals surface area contributed by atoms with Crippen LogP contribution in [-0.4, -0.2) is 18.3 Å². The molecular formula is C12H14Cl3NO. The number of amides is 1. The summed E-state index contributed by atoms with van der Waals surface area (Å²) < 4.78 is 0. The Labute approximate surface area is 116 Å². The van der Waals surface area contributed by atoms with E-state index in [1.54, 1.807) is 18.2 Å². The molecule has 0 unspecified atom stereocenters. The Kier molecular flexibility index (Phi) is 6.71. The summed E-state index contributed by atoms with van der Waals surface area (Å²) in [4.78, 5) is 11.8. The van der Waals surface area contributed by atoms with Crippen molar-refractivity contribution in [3.05, 3.63) is 33.8 Å². The van der Waals surface area contributed by atoms with E-state index in [0.717, 1.165) is 19.3 Å². The van der Waals surface area contributed by atoms with E-state index in [1.165, 1.54) is 0 Å². The minimum absolute atomic E-state index is 0.230. The summed E-state index contributed by atoms with van der Waals surface area (Å²) in [6.45, 7) is 0.608. The second-order valence-electron chi connectivity index (χ2n) is 3.60. The zero-order chi connectivity index (χ0) is 12.7. The summed E-state index contributed by atoms with van der Waals surface area (Å²) in [5, 5.41) is 3.53. The van der Waals surface area contributed by atoms with Crippen molar-refractivity contribution >= 4 is 40.7 Å². The lowest BCUT2D eigenvalue weighted by atomic mass is 10.2. The first-order chi connectivity index (χ1) is 8.16. The predicted molar refractivity (Wildman–Crippen MR) is 73.4 cm³/mol. The predicted octanol–water partition coefficient (Wildman–Crippen LogP) is 4.13. The highest BCUT2D eigenvalue weighted by Crippen LogP contribution is 2.23. The number of hydrogen-bond acceptors (Lipinski definition) is 1. The van der Waals surface area contributed by atoms with Gasteiger partial charge in [0.05, 0.1) is 15.6 Å². The maximum Gasteiger partial charge on any atom is 0.254 e. The van der Waals surface area contributed by atoms with Gasteiger partial charge >= 0.3 is 0 Å². The van der Waals surface area contributed by atoms with Crippen molar-refractivity contribution in [1.29, 1.82) is 0 Å². The Morgan fingerprint density at radius 1 is 1.12 bits per heavy atom. The van der Waals surface area contributed by atoms with E-state index in [4.69, 9.17) is 34.8 Å². The van der Waals surface area contributed by atoms with Crippen molar-refractivity contribution in [3.63, 3.8) is 0 Å². The van der Waals surface area contributed by atoms with E-state index in [-0.39, 0.29) is 5.91 Å². The van der Waals surface area contributed by atoms with Crippen molar-refractivity contribution in [3.8, 4) is 0 Å². The van der Waals surface area contributed by atoms with Gasteiger partial charge in [0, 0.05) is 12.4 Å². The standard InChI is InChI=1S/C12H14Cl3NO/c13-7-2-1-3-8-16-12(17)11-9(14)5-4-6-10(11)15/h4-6H,1-3,7-8H2,(H,16,17). The third-order valence-corrected chi connectivity index (χ3v) is 3.18. The van der Waals surface area contributed by atoms with E-state index in [1.807, 2.05) is 0 Å². The zero-order valence-electron chi connectivity index (χ0n) is 9.31. The number of alkyl halides is 1. The molecule has 0 saturated carbocycles. The summed E-state index contributed by atoms with van der Waals surface area (Å²) >= 11 is 17.4. The summed E-state index contributed by atoms with van der Waals surface area (Å²) in [5.74, 6) is 0.427. The Hall–Kier alpha value is -0.440. The molecule has 1 amide bonds. The molecule has 1 aromatic carbocycles. The molecule has 1 rings (SSSR count). The van der Waals surface area contributed by atoms with Crippen LogP contribution in [0.1, 0.15) is 29.6 Å². The molecule has 0 atom stereocenters. The Morgan fingerprint density at radius 3 is 2.35 bits per heavy atom. The molecule has 0 bridgehead atoms. The summed E-state index contributed by atoms with van der Waals surface area (Å²) in [6.07, 6.45) is 2.87. The molecule has 0 aliphatic heterocycles. The maximum atomic E-state index is 11.8. The average molecular weight is 295 g/mol. The van der Waals surface area contributed by atoms with Gasteiger partial charge in [0.1, 0.15) is 0 Å². The first-order valence-electron chi connectivity index (χ1n) is 5.45. The number of hydrogen-bond donors (Lipinski definition) is 1. The fourth-order valence-electron chi connectivity index (χ4n) is 1.40. The van der Waals surface area contributed by atoms with Gasteiger partial charge in [-0.3, -0.25) is 4.79 Å². The van der Waals surface area contributed by atoms with E-state index in [9.17, 15) is 4.79 Å². The van der Waals surface area contributed by atoms with Gasteiger partial charge in [-0.15, -0.1) is 11.6 Å². The maximum absolute atomic E-state index is 11.8. The number of nitrogens with one attached hydrogen (secondary N) is 1. The van der Waals surface area contributed by atoms with Crippen molar-refractivity contribution < 1.29 is 4.79 Å². The van der Waals surface area contributed by atoms with Crippen LogP contribution < -0.4 is 5.32 Å². The van der Waals surface area contributed by atoms with Crippen molar-refractivity contribution in [2.24, 2.45) is 0 Å². The lowest BCUT2D eigenvalue weighted by Crippen LogP contribution is -2.25. The molecule has 94 valence electrons. The van der Waals surface area contributed by atoms with Crippen molar-refractivity contribution in [1.82, 2.24) is 5.32 Å². The quantitative estimate of drug-likeness (QED) is 0.620. The van der Waals surface area contributed by atoms with Crippen LogP contribution in [0.3, 0.4) is 0 Å². The van der Waals surface area contributed by atoms with E-state index in [2.05, 4.69) is 5.32 Å². The molecule has 0 spiro atoms. The Balaban J connectivity index is 2.47. The van der Waals surface area contributed by atoms with Gasteiger partial charge in [-0.25, -0.2) is 0 Å². The van der Waals surface area contributed by atoms with Crippen LogP contribution in [0.25, 0.3) is 0 Å². The monoisotopic (exact) mass is 293 g/mol. The summed E-state index contributed by atoms with van der Waals surface area (Å²) in [7, 11) is 0. The molecule has 1 aromatic rings. The molecule has 2 nitrogen and oxygen atoms in total. The largest absolute Gasteiger partial charge is 0.352 e. The second kappa shape index (κ2) is 7.80. The number of carbonyl (C=O) groups excluding carboxylic acids is 1.